The van der Waals surface area contributed by atoms with Crippen LogP contribution in [-0.2, 0) is 11.3 Å². The van der Waals surface area contributed by atoms with Crippen LogP contribution in [0.5, 0.6) is 11.5 Å². The summed E-state index contributed by atoms with van der Waals surface area (Å²) in [7, 11) is 1.84. The van der Waals surface area contributed by atoms with E-state index in [4.69, 9.17) is 9.47 Å². The molecule has 2 rings (SSSR count). The molecule has 0 fully saturated rings. The summed E-state index contributed by atoms with van der Waals surface area (Å²) < 4.78 is 10.6. The number of ether oxygens (including phenoxy) is 2. The zero-order valence-corrected chi connectivity index (χ0v) is 12.1. The van der Waals surface area contributed by atoms with Gasteiger partial charge in [0.15, 0.2) is 11.5 Å². The van der Waals surface area contributed by atoms with Crippen molar-refractivity contribution in [1.29, 1.82) is 0 Å². The van der Waals surface area contributed by atoms with Crippen molar-refractivity contribution in [3.8, 4) is 11.5 Å². The lowest BCUT2D eigenvalue weighted by Gasteiger charge is -2.26. The number of nitrogens with zero attached hydrogens (tertiary/aromatic N) is 1. The Labute approximate surface area is 119 Å². The Kier molecular flexibility index (Phi) is 4.49. The molecule has 0 aromatic heterocycles. The standard InChI is InChI=1S/C15H21NO4/c1-10(2)6-12(15(17)18)16(3)8-11-4-5-13-14(7-11)20-9-19-13/h4-5,7,10,12H,6,8-9H2,1-3H3,(H,17,18). The molecule has 0 saturated heterocycles. The second-order valence-corrected chi connectivity index (χ2v) is 5.59. The van der Waals surface area contributed by atoms with E-state index >= 15 is 0 Å². The molecule has 0 spiro atoms. The molecule has 0 radical (unpaired) electrons. The molecule has 0 amide bonds. The lowest BCUT2D eigenvalue weighted by atomic mass is 10.0. The van der Waals surface area contributed by atoms with Crippen molar-refractivity contribution in [1.82, 2.24) is 4.90 Å². The van der Waals surface area contributed by atoms with Crippen molar-refractivity contribution in [3.63, 3.8) is 0 Å². The summed E-state index contributed by atoms with van der Waals surface area (Å²) in [6.45, 7) is 4.88. The van der Waals surface area contributed by atoms with Gasteiger partial charge in [0.25, 0.3) is 0 Å². The van der Waals surface area contributed by atoms with E-state index < -0.39 is 12.0 Å². The molecular formula is C15H21NO4. The molecule has 1 aliphatic heterocycles. The van der Waals surface area contributed by atoms with Gasteiger partial charge < -0.3 is 14.6 Å². The first kappa shape index (κ1) is 14.7. The Morgan fingerprint density at radius 3 is 2.70 bits per heavy atom. The number of carboxylic acid groups (broad SMARTS) is 1. The number of carboxylic acids is 1. The molecule has 110 valence electrons. The normalized spacial score (nSPS) is 14.8. The van der Waals surface area contributed by atoms with Gasteiger partial charge in [-0.05, 0) is 37.1 Å². The summed E-state index contributed by atoms with van der Waals surface area (Å²) in [4.78, 5) is 13.2. The maximum atomic E-state index is 11.4. The summed E-state index contributed by atoms with van der Waals surface area (Å²) in [6.07, 6.45) is 0.635. The Morgan fingerprint density at radius 2 is 2.05 bits per heavy atom. The van der Waals surface area contributed by atoms with Crippen LogP contribution in [0.3, 0.4) is 0 Å². The van der Waals surface area contributed by atoms with Crippen LogP contribution in [0.15, 0.2) is 18.2 Å². The molecule has 1 aliphatic rings. The van der Waals surface area contributed by atoms with Crippen LogP contribution in [0, 0.1) is 5.92 Å². The molecule has 0 aliphatic carbocycles. The number of carbonyl (C=O) groups is 1. The number of hydrogen-bond donors (Lipinski definition) is 1. The zero-order valence-electron chi connectivity index (χ0n) is 12.1. The van der Waals surface area contributed by atoms with E-state index in [1.807, 2.05) is 44.0 Å². The fourth-order valence-electron chi connectivity index (χ4n) is 2.35. The third-order valence-electron chi connectivity index (χ3n) is 3.38. The lowest BCUT2D eigenvalue weighted by molar-refractivity contribution is -0.143. The fourth-order valence-corrected chi connectivity index (χ4v) is 2.35. The van der Waals surface area contributed by atoms with E-state index in [1.54, 1.807) is 0 Å². The highest BCUT2D eigenvalue weighted by molar-refractivity contribution is 5.73. The van der Waals surface area contributed by atoms with Gasteiger partial charge >= 0.3 is 5.97 Å². The molecule has 1 atom stereocenters. The van der Waals surface area contributed by atoms with E-state index in [1.165, 1.54) is 0 Å². The molecule has 0 saturated carbocycles. The molecular weight excluding hydrogens is 258 g/mol. The van der Waals surface area contributed by atoms with E-state index in [2.05, 4.69) is 0 Å². The van der Waals surface area contributed by atoms with Gasteiger partial charge in [0.05, 0.1) is 0 Å². The summed E-state index contributed by atoms with van der Waals surface area (Å²) in [5, 5.41) is 9.34. The highest BCUT2D eigenvalue weighted by Gasteiger charge is 2.24. The van der Waals surface area contributed by atoms with Crippen LogP contribution in [-0.4, -0.2) is 35.9 Å². The molecule has 1 aromatic carbocycles. The number of rotatable bonds is 6. The monoisotopic (exact) mass is 279 g/mol. The van der Waals surface area contributed by atoms with E-state index in [0.29, 0.717) is 18.9 Å². The van der Waals surface area contributed by atoms with Gasteiger partial charge in [0, 0.05) is 6.54 Å². The maximum absolute atomic E-state index is 11.4. The van der Waals surface area contributed by atoms with Crippen LogP contribution < -0.4 is 9.47 Å². The number of likely N-dealkylation sites (N-methyl/N-ethyl adjacent to an activating group) is 1. The van der Waals surface area contributed by atoms with Gasteiger partial charge in [-0.3, -0.25) is 9.69 Å². The molecule has 1 N–H and O–H groups in total. The lowest BCUT2D eigenvalue weighted by Crippen LogP contribution is -2.39. The highest BCUT2D eigenvalue weighted by Crippen LogP contribution is 2.32. The largest absolute Gasteiger partial charge is 0.480 e. The second kappa shape index (κ2) is 6.13. The Morgan fingerprint density at radius 1 is 1.35 bits per heavy atom. The van der Waals surface area contributed by atoms with Crippen molar-refractivity contribution in [2.24, 2.45) is 5.92 Å². The van der Waals surface area contributed by atoms with Gasteiger partial charge in [0.1, 0.15) is 6.04 Å². The first-order chi connectivity index (χ1) is 9.47. The maximum Gasteiger partial charge on any atom is 0.320 e. The average Bonchev–Trinajstić information content (AvgIpc) is 2.82. The molecule has 20 heavy (non-hydrogen) atoms. The Hall–Kier alpha value is -1.75. The molecule has 5 nitrogen and oxygen atoms in total. The topological polar surface area (TPSA) is 59.0 Å². The van der Waals surface area contributed by atoms with Gasteiger partial charge in [-0.15, -0.1) is 0 Å². The molecule has 1 unspecified atom stereocenters. The number of fused-ring (bicyclic) bond motifs is 1. The zero-order chi connectivity index (χ0) is 14.7. The number of hydrogen-bond acceptors (Lipinski definition) is 4. The van der Waals surface area contributed by atoms with Gasteiger partial charge in [0.2, 0.25) is 6.79 Å². The van der Waals surface area contributed by atoms with Crippen LogP contribution in [0.1, 0.15) is 25.8 Å². The number of benzene rings is 1. The summed E-state index contributed by atoms with van der Waals surface area (Å²) in [6, 6.07) is 5.25. The molecule has 1 aromatic rings. The van der Waals surface area contributed by atoms with Crippen molar-refractivity contribution >= 4 is 5.97 Å². The van der Waals surface area contributed by atoms with Crippen LogP contribution in [0.25, 0.3) is 0 Å². The first-order valence-electron chi connectivity index (χ1n) is 6.79. The Bertz CT molecular complexity index is 487. The second-order valence-electron chi connectivity index (χ2n) is 5.59. The van der Waals surface area contributed by atoms with Gasteiger partial charge in [-0.1, -0.05) is 19.9 Å². The van der Waals surface area contributed by atoms with Crippen molar-refractivity contribution in [2.45, 2.75) is 32.9 Å². The summed E-state index contributed by atoms with van der Waals surface area (Å²) in [5.74, 6) is 1.04. The third kappa shape index (κ3) is 3.42. The van der Waals surface area contributed by atoms with Crippen LogP contribution >= 0.6 is 0 Å². The third-order valence-corrected chi connectivity index (χ3v) is 3.38. The van der Waals surface area contributed by atoms with Gasteiger partial charge in [-0.2, -0.15) is 0 Å². The Balaban J connectivity index is 2.05. The predicted molar refractivity (Wildman–Crippen MR) is 74.9 cm³/mol. The average molecular weight is 279 g/mol. The minimum absolute atomic E-state index is 0.250. The van der Waals surface area contributed by atoms with Crippen molar-refractivity contribution in [3.05, 3.63) is 23.8 Å². The van der Waals surface area contributed by atoms with Crippen molar-refractivity contribution < 1.29 is 19.4 Å². The fraction of sp³-hybridized carbons (Fsp3) is 0.533. The van der Waals surface area contributed by atoms with Crippen molar-refractivity contribution in [2.75, 3.05) is 13.8 Å². The van der Waals surface area contributed by atoms with E-state index in [-0.39, 0.29) is 6.79 Å². The molecule has 0 bridgehead atoms. The summed E-state index contributed by atoms with van der Waals surface area (Å²) in [5.41, 5.74) is 1.02. The minimum atomic E-state index is -0.776. The predicted octanol–water partition coefficient (Wildman–Crippen LogP) is 2.35. The number of aliphatic carboxylic acids is 1. The SMILES string of the molecule is CC(C)CC(C(=O)O)N(C)Cc1ccc2c(c1)OCO2. The quantitative estimate of drug-likeness (QED) is 0.866. The van der Waals surface area contributed by atoms with Crippen LogP contribution in [0.2, 0.25) is 0 Å². The van der Waals surface area contributed by atoms with E-state index in [9.17, 15) is 9.90 Å². The highest BCUT2D eigenvalue weighted by atomic mass is 16.7. The van der Waals surface area contributed by atoms with Gasteiger partial charge in [-0.25, -0.2) is 0 Å². The molecule has 1 heterocycles. The minimum Gasteiger partial charge on any atom is -0.480 e. The first-order valence-corrected chi connectivity index (χ1v) is 6.79. The van der Waals surface area contributed by atoms with Crippen LogP contribution in [0.4, 0.5) is 0 Å². The summed E-state index contributed by atoms with van der Waals surface area (Å²) >= 11 is 0. The molecule has 5 heteroatoms. The van der Waals surface area contributed by atoms with E-state index in [0.717, 1.165) is 17.1 Å². The smallest absolute Gasteiger partial charge is 0.320 e.